The molecule has 3 aromatic rings. The van der Waals surface area contributed by atoms with Crippen molar-refractivity contribution in [1.82, 2.24) is 20.1 Å². The van der Waals surface area contributed by atoms with Gasteiger partial charge in [-0.3, -0.25) is 4.57 Å². The molecule has 0 spiro atoms. The molecule has 16 heteroatoms. The lowest BCUT2D eigenvalue weighted by Gasteiger charge is -2.42. The van der Waals surface area contributed by atoms with Crippen molar-refractivity contribution in [3.63, 3.8) is 0 Å². The number of hydrogen-bond donors (Lipinski definition) is 2. The van der Waals surface area contributed by atoms with Gasteiger partial charge < -0.3 is 22.8 Å². The monoisotopic (exact) mass is 606 g/mol. The second-order valence-electron chi connectivity index (χ2n) is 9.49. The maximum atomic E-state index is 13.4. The summed E-state index contributed by atoms with van der Waals surface area (Å²) in [4.78, 5) is 12.4. The lowest BCUT2D eigenvalue weighted by atomic mass is 9.81. The van der Waals surface area contributed by atoms with Crippen LogP contribution in [-0.2, 0) is 41.9 Å². The molecule has 224 valence electrons. The van der Waals surface area contributed by atoms with Gasteiger partial charge in [0, 0.05) is 13.7 Å². The van der Waals surface area contributed by atoms with Crippen molar-refractivity contribution < 1.29 is 39.5 Å². The summed E-state index contributed by atoms with van der Waals surface area (Å²) in [6.45, 7) is 1.47. The van der Waals surface area contributed by atoms with E-state index in [4.69, 9.17) is 4.74 Å². The standard InChI is InChI=1S/C25H26F6N5O4S/c1-15(16-10-18(24(26,27)28)12-19(11-16)25(29,30)31)40-14-23(17-6-4-3-5-7-17)9-8-20(13-32-23)36-21(33-34-22(36)37)35-41(38)39-2/h3-7,10-12,15,20,32H,8-9,13-14H2,1-2H3,(H,34,37)/q-1/t15-,20-,23-/m1/s1. The topological polar surface area (TPSA) is 111 Å². The molecule has 2 N–H and O–H groups in total. The summed E-state index contributed by atoms with van der Waals surface area (Å²) in [5, 5.41) is 9.41. The van der Waals surface area contributed by atoms with E-state index in [2.05, 4.69) is 24.1 Å². The van der Waals surface area contributed by atoms with Crippen LogP contribution in [0.2, 0.25) is 0 Å². The van der Waals surface area contributed by atoms with E-state index in [0.29, 0.717) is 25.0 Å². The zero-order chi connectivity index (χ0) is 30.0. The molecule has 2 heterocycles. The molecule has 1 saturated heterocycles. The van der Waals surface area contributed by atoms with Crippen LogP contribution in [0.5, 0.6) is 0 Å². The van der Waals surface area contributed by atoms with Crippen LogP contribution < -0.4 is 11.0 Å². The molecule has 0 bridgehead atoms. The Bertz CT molecular complexity index is 1460. The molecule has 1 fully saturated rings. The van der Waals surface area contributed by atoms with Crippen LogP contribution in [0.25, 0.3) is 0 Å². The van der Waals surface area contributed by atoms with Crippen LogP contribution in [-0.4, -0.2) is 35.0 Å². The Morgan fingerprint density at radius 3 is 2.29 bits per heavy atom. The summed E-state index contributed by atoms with van der Waals surface area (Å²) >= 11 is 0. The number of nitrogens with zero attached hydrogens (tertiary/aromatic N) is 3. The van der Waals surface area contributed by atoms with Gasteiger partial charge in [-0.2, -0.15) is 26.3 Å². The van der Waals surface area contributed by atoms with Crippen molar-refractivity contribution in [1.29, 1.82) is 0 Å². The summed E-state index contributed by atoms with van der Waals surface area (Å²) < 4.78 is 108. The number of halogens is 6. The van der Waals surface area contributed by atoms with E-state index in [1.165, 1.54) is 18.6 Å². The van der Waals surface area contributed by atoms with E-state index in [1.807, 2.05) is 12.1 Å². The second-order valence-corrected chi connectivity index (χ2v) is 10.4. The third kappa shape index (κ3) is 6.99. The van der Waals surface area contributed by atoms with Gasteiger partial charge in [-0.1, -0.05) is 41.2 Å². The fraction of sp³-hybridized carbons (Fsp3) is 0.440. The molecule has 4 rings (SSSR count). The van der Waals surface area contributed by atoms with Crippen LogP contribution in [0.1, 0.15) is 54.2 Å². The highest BCUT2D eigenvalue weighted by atomic mass is 32.2. The summed E-state index contributed by atoms with van der Waals surface area (Å²) in [6.07, 6.45) is -10.3. The fourth-order valence-electron chi connectivity index (χ4n) is 4.72. The number of nitrogens with one attached hydrogen (secondary N) is 2. The molecule has 1 aliphatic rings. The minimum atomic E-state index is -4.98. The van der Waals surface area contributed by atoms with Crippen molar-refractivity contribution >= 4 is 16.8 Å². The molecule has 1 aromatic heterocycles. The summed E-state index contributed by atoms with van der Waals surface area (Å²) in [7, 11) is -0.888. The van der Waals surface area contributed by atoms with Crippen LogP contribution in [0.15, 0.2) is 57.7 Å². The number of benzene rings is 2. The minimum absolute atomic E-state index is 0.0745. The minimum Gasteiger partial charge on any atom is -0.441 e. The molecule has 0 saturated carbocycles. The summed E-state index contributed by atoms with van der Waals surface area (Å²) in [5.41, 5.74) is -3.81. The first-order chi connectivity index (χ1) is 19.2. The number of piperidine rings is 1. The van der Waals surface area contributed by atoms with Gasteiger partial charge in [-0.05, 0) is 49.1 Å². The number of alkyl halides is 6. The Morgan fingerprint density at radius 2 is 1.76 bits per heavy atom. The van der Waals surface area contributed by atoms with Crippen LogP contribution in [0.4, 0.5) is 32.3 Å². The molecule has 0 unspecified atom stereocenters. The van der Waals surface area contributed by atoms with Gasteiger partial charge in [0.1, 0.15) is 0 Å². The van der Waals surface area contributed by atoms with Gasteiger partial charge in [0.15, 0.2) is 0 Å². The zero-order valence-electron chi connectivity index (χ0n) is 21.8. The first-order valence-corrected chi connectivity index (χ1v) is 13.3. The molecule has 3 atom stereocenters. The first kappa shape index (κ1) is 30.7. The van der Waals surface area contributed by atoms with Crippen molar-refractivity contribution in [2.24, 2.45) is 4.36 Å². The quantitative estimate of drug-likeness (QED) is 0.257. The Morgan fingerprint density at radius 1 is 1.12 bits per heavy atom. The average Bonchev–Trinajstić information content (AvgIpc) is 3.30. The third-order valence-electron chi connectivity index (χ3n) is 6.92. The van der Waals surface area contributed by atoms with E-state index in [-0.39, 0.29) is 30.7 Å². The Hall–Kier alpha value is -3.21. The van der Waals surface area contributed by atoms with Crippen LogP contribution in [0.3, 0.4) is 0 Å². The van der Waals surface area contributed by atoms with Crippen molar-refractivity contribution in [2.75, 3.05) is 20.3 Å². The van der Waals surface area contributed by atoms with Gasteiger partial charge >= 0.3 is 18.0 Å². The predicted molar refractivity (Wildman–Crippen MR) is 135 cm³/mol. The van der Waals surface area contributed by atoms with Crippen molar-refractivity contribution in [3.8, 4) is 0 Å². The second kappa shape index (κ2) is 12.0. The SMILES string of the molecule is CO[S-](=O)=Nc1n[nH]c(=O)n1[C@@H]1CC[C@@](CO[C@H](C)c2cc(C(F)(F)F)cc(C(F)(F)F)c2)(c2ccccc2)NC1. The predicted octanol–water partition coefficient (Wildman–Crippen LogP) is 5.55. The number of rotatable bonds is 8. The first-order valence-electron chi connectivity index (χ1n) is 12.3. The van der Waals surface area contributed by atoms with E-state index in [1.54, 1.807) is 18.2 Å². The number of H-pyrrole nitrogens is 1. The molecule has 0 amide bonds. The molecule has 0 aliphatic carbocycles. The molecular formula is C25H26F6N5O4S-. The van der Waals surface area contributed by atoms with Crippen LogP contribution in [0, 0.1) is 0 Å². The number of aromatic amines is 1. The van der Waals surface area contributed by atoms with E-state index >= 15 is 0 Å². The highest BCUT2D eigenvalue weighted by molar-refractivity contribution is 7.69. The van der Waals surface area contributed by atoms with Crippen molar-refractivity contribution in [2.45, 2.75) is 49.8 Å². The third-order valence-corrected chi connectivity index (χ3v) is 7.51. The highest BCUT2D eigenvalue weighted by Crippen LogP contribution is 2.39. The van der Waals surface area contributed by atoms with E-state index < -0.39 is 57.7 Å². The summed E-state index contributed by atoms with van der Waals surface area (Å²) in [5.74, 6) is -0.121. The van der Waals surface area contributed by atoms with Crippen molar-refractivity contribution in [3.05, 3.63) is 81.3 Å². The molecule has 41 heavy (non-hydrogen) atoms. The van der Waals surface area contributed by atoms with Gasteiger partial charge in [-0.15, -0.1) is 5.10 Å². The smallest absolute Gasteiger partial charge is 0.416 e. The van der Waals surface area contributed by atoms with Gasteiger partial charge in [-0.25, -0.2) is 9.89 Å². The molecular weight excluding hydrogens is 580 g/mol. The largest absolute Gasteiger partial charge is 0.441 e. The maximum absolute atomic E-state index is 13.4. The summed E-state index contributed by atoms with van der Waals surface area (Å²) in [6, 6.07) is 9.91. The van der Waals surface area contributed by atoms with Gasteiger partial charge in [0.05, 0.1) is 35.4 Å². The normalized spacial score (nSPS) is 21.6. The molecule has 0 radical (unpaired) electrons. The lowest BCUT2D eigenvalue weighted by molar-refractivity contribution is -0.143. The molecule has 1 aliphatic heterocycles. The number of aromatic nitrogens is 3. The van der Waals surface area contributed by atoms with E-state index in [9.17, 15) is 35.3 Å². The number of hydrogen-bond acceptors (Lipinski definition) is 8. The van der Waals surface area contributed by atoms with Gasteiger partial charge in [0.2, 0.25) is 5.95 Å². The number of ether oxygens (including phenoxy) is 1. The van der Waals surface area contributed by atoms with Gasteiger partial charge in [0.25, 0.3) is 0 Å². The average molecular weight is 607 g/mol. The fourth-order valence-corrected chi connectivity index (χ4v) is 5.05. The van der Waals surface area contributed by atoms with Crippen LogP contribution >= 0.6 is 0 Å². The lowest BCUT2D eigenvalue weighted by Crippen LogP contribution is -2.53. The zero-order valence-corrected chi connectivity index (χ0v) is 22.6. The molecule has 2 aromatic carbocycles. The maximum Gasteiger partial charge on any atom is 0.416 e. The Kier molecular flexibility index (Phi) is 8.96. The van der Waals surface area contributed by atoms with E-state index in [0.717, 1.165) is 5.56 Å². The Balaban J connectivity index is 1.60. The highest BCUT2D eigenvalue weighted by Gasteiger charge is 2.40. The molecule has 9 nitrogen and oxygen atoms in total. The Labute approximate surface area is 232 Å².